The molecule has 1 fully saturated rings. The maximum atomic E-state index is 10.8. The minimum absolute atomic E-state index is 0.253. The van der Waals surface area contributed by atoms with Crippen molar-refractivity contribution in [1.29, 1.82) is 0 Å². The van der Waals surface area contributed by atoms with Crippen molar-refractivity contribution in [2.45, 2.75) is 12.8 Å². The van der Waals surface area contributed by atoms with Gasteiger partial charge in [-0.2, -0.15) is 12.6 Å². The van der Waals surface area contributed by atoms with Crippen LogP contribution >= 0.6 is 12.6 Å². The van der Waals surface area contributed by atoms with Gasteiger partial charge >= 0.3 is 5.97 Å². The van der Waals surface area contributed by atoms with Crippen molar-refractivity contribution >= 4 is 18.6 Å². The topological polar surface area (TPSA) is 40.5 Å². The zero-order chi connectivity index (χ0) is 9.84. The molecule has 0 aromatic heterocycles. The molecule has 1 atom stereocenters. The van der Waals surface area contributed by atoms with Gasteiger partial charge in [-0.05, 0) is 38.9 Å². The average molecular weight is 203 g/mol. The summed E-state index contributed by atoms with van der Waals surface area (Å²) in [5.41, 5.74) is 0. The Hall–Kier alpha value is -0.220. The quantitative estimate of drug-likeness (QED) is 0.671. The Morgan fingerprint density at radius 2 is 2.15 bits per heavy atom. The second kappa shape index (κ2) is 4.86. The number of carbonyl (C=O) groups is 1. The fourth-order valence-corrected chi connectivity index (χ4v) is 2.31. The molecule has 13 heavy (non-hydrogen) atoms. The van der Waals surface area contributed by atoms with Gasteiger partial charge in [0, 0.05) is 5.75 Å². The van der Waals surface area contributed by atoms with Crippen molar-refractivity contribution in [2.75, 3.05) is 25.9 Å². The standard InChI is InChI=1S/C9H17NO2S/c1-10-4-2-7(3-5-10)8(6-13)9(11)12/h7-8,13H,2-6H2,1H3,(H,11,12). The lowest BCUT2D eigenvalue weighted by molar-refractivity contribution is -0.143. The summed E-state index contributed by atoms with van der Waals surface area (Å²) in [6, 6.07) is 0. The number of likely N-dealkylation sites (tertiary alicyclic amines) is 1. The first-order chi connectivity index (χ1) is 6.15. The Kier molecular flexibility index (Phi) is 4.06. The van der Waals surface area contributed by atoms with Crippen LogP contribution in [0.3, 0.4) is 0 Å². The van der Waals surface area contributed by atoms with Crippen molar-refractivity contribution in [2.24, 2.45) is 11.8 Å². The van der Waals surface area contributed by atoms with Crippen LogP contribution in [0.2, 0.25) is 0 Å². The Bertz CT molecular complexity index is 178. The summed E-state index contributed by atoms with van der Waals surface area (Å²) < 4.78 is 0. The predicted molar refractivity (Wildman–Crippen MR) is 55.2 cm³/mol. The van der Waals surface area contributed by atoms with Gasteiger partial charge < -0.3 is 10.0 Å². The predicted octanol–water partition coefficient (Wildman–Crippen LogP) is 0.959. The largest absolute Gasteiger partial charge is 0.481 e. The normalized spacial score (nSPS) is 22.9. The molecule has 1 saturated heterocycles. The molecule has 0 saturated carbocycles. The van der Waals surface area contributed by atoms with E-state index in [2.05, 4.69) is 24.6 Å². The SMILES string of the molecule is CN1CCC(C(CS)C(=O)O)CC1. The van der Waals surface area contributed by atoms with Crippen LogP contribution in [0.25, 0.3) is 0 Å². The van der Waals surface area contributed by atoms with Crippen LogP contribution in [-0.4, -0.2) is 41.9 Å². The van der Waals surface area contributed by atoms with E-state index in [0.29, 0.717) is 11.7 Å². The fourth-order valence-electron chi connectivity index (χ4n) is 1.86. The fraction of sp³-hybridized carbons (Fsp3) is 0.889. The second-order valence-corrected chi connectivity index (χ2v) is 4.13. The molecule has 1 aliphatic heterocycles. The zero-order valence-corrected chi connectivity index (χ0v) is 8.83. The first-order valence-corrected chi connectivity index (χ1v) is 5.30. The number of hydrogen-bond donors (Lipinski definition) is 2. The summed E-state index contributed by atoms with van der Waals surface area (Å²) in [4.78, 5) is 13.1. The van der Waals surface area contributed by atoms with Crippen LogP contribution in [0.5, 0.6) is 0 Å². The van der Waals surface area contributed by atoms with E-state index in [-0.39, 0.29) is 5.92 Å². The maximum Gasteiger partial charge on any atom is 0.307 e. The third-order valence-electron chi connectivity index (χ3n) is 2.85. The molecule has 0 aromatic rings. The van der Waals surface area contributed by atoms with Crippen molar-refractivity contribution in [1.82, 2.24) is 4.90 Å². The molecular weight excluding hydrogens is 186 g/mol. The van der Waals surface area contributed by atoms with Gasteiger partial charge in [0.05, 0.1) is 5.92 Å². The van der Waals surface area contributed by atoms with Gasteiger partial charge in [0.1, 0.15) is 0 Å². The smallest absolute Gasteiger partial charge is 0.307 e. The second-order valence-electron chi connectivity index (χ2n) is 3.77. The number of nitrogens with zero attached hydrogens (tertiary/aromatic N) is 1. The molecule has 0 bridgehead atoms. The van der Waals surface area contributed by atoms with E-state index >= 15 is 0 Å². The summed E-state index contributed by atoms with van der Waals surface area (Å²) in [6.45, 7) is 2.03. The van der Waals surface area contributed by atoms with E-state index in [4.69, 9.17) is 5.11 Å². The molecule has 1 N–H and O–H groups in total. The van der Waals surface area contributed by atoms with Gasteiger partial charge in [0.15, 0.2) is 0 Å². The Morgan fingerprint density at radius 3 is 2.54 bits per heavy atom. The lowest BCUT2D eigenvalue weighted by atomic mass is 9.85. The minimum Gasteiger partial charge on any atom is -0.481 e. The van der Waals surface area contributed by atoms with Crippen LogP contribution in [0.15, 0.2) is 0 Å². The average Bonchev–Trinajstić information content (AvgIpc) is 2.09. The van der Waals surface area contributed by atoms with Gasteiger partial charge in [0.2, 0.25) is 0 Å². The molecule has 3 nitrogen and oxygen atoms in total. The number of aliphatic carboxylic acids is 1. The van der Waals surface area contributed by atoms with Crippen LogP contribution in [0.1, 0.15) is 12.8 Å². The number of thiol groups is 1. The summed E-state index contributed by atoms with van der Waals surface area (Å²) in [5.74, 6) is -0.156. The van der Waals surface area contributed by atoms with E-state index in [1.165, 1.54) is 0 Å². The number of hydrogen-bond acceptors (Lipinski definition) is 3. The zero-order valence-electron chi connectivity index (χ0n) is 7.94. The van der Waals surface area contributed by atoms with Gasteiger partial charge in [0.25, 0.3) is 0 Å². The molecule has 0 amide bonds. The maximum absolute atomic E-state index is 10.8. The van der Waals surface area contributed by atoms with E-state index in [1.807, 2.05) is 0 Å². The van der Waals surface area contributed by atoms with Gasteiger partial charge in [-0.25, -0.2) is 0 Å². The Morgan fingerprint density at radius 1 is 1.62 bits per heavy atom. The van der Waals surface area contributed by atoms with E-state index in [9.17, 15) is 4.79 Å². The molecule has 0 aromatic carbocycles. The summed E-state index contributed by atoms with van der Waals surface area (Å²) >= 11 is 4.09. The molecule has 0 spiro atoms. The van der Waals surface area contributed by atoms with Crippen LogP contribution in [-0.2, 0) is 4.79 Å². The van der Waals surface area contributed by atoms with E-state index in [0.717, 1.165) is 25.9 Å². The lowest BCUT2D eigenvalue weighted by Crippen LogP contribution is -2.36. The molecule has 0 radical (unpaired) electrons. The first kappa shape index (κ1) is 10.9. The van der Waals surface area contributed by atoms with E-state index in [1.54, 1.807) is 0 Å². The van der Waals surface area contributed by atoms with Gasteiger partial charge in [-0.3, -0.25) is 4.79 Å². The van der Waals surface area contributed by atoms with Crippen molar-refractivity contribution < 1.29 is 9.90 Å². The number of piperidine rings is 1. The van der Waals surface area contributed by atoms with Crippen LogP contribution in [0, 0.1) is 11.8 Å². The molecule has 76 valence electrons. The number of carboxylic acids is 1. The highest BCUT2D eigenvalue weighted by atomic mass is 32.1. The molecule has 0 aliphatic carbocycles. The number of rotatable bonds is 3. The van der Waals surface area contributed by atoms with E-state index < -0.39 is 5.97 Å². The highest BCUT2D eigenvalue weighted by molar-refractivity contribution is 7.80. The van der Waals surface area contributed by atoms with Crippen molar-refractivity contribution in [3.05, 3.63) is 0 Å². The molecule has 1 heterocycles. The molecule has 1 unspecified atom stereocenters. The third-order valence-corrected chi connectivity index (χ3v) is 3.24. The van der Waals surface area contributed by atoms with Gasteiger partial charge in [-0.15, -0.1) is 0 Å². The highest BCUT2D eigenvalue weighted by Crippen LogP contribution is 2.25. The van der Waals surface area contributed by atoms with Gasteiger partial charge in [-0.1, -0.05) is 0 Å². The highest BCUT2D eigenvalue weighted by Gasteiger charge is 2.29. The minimum atomic E-state index is -0.690. The summed E-state index contributed by atoms with van der Waals surface area (Å²) in [6.07, 6.45) is 1.99. The Labute approximate surface area is 84.5 Å². The van der Waals surface area contributed by atoms with Crippen molar-refractivity contribution in [3.63, 3.8) is 0 Å². The summed E-state index contributed by atoms with van der Waals surface area (Å²) in [5, 5.41) is 8.93. The molecule has 1 rings (SSSR count). The van der Waals surface area contributed by atoms with Crippen molar-refractivity contribution in [3.8, 4) is 0 Å². The third kappa shape index (κ3) is 2.88. The Balaban J connectivity index is 2.46. The lowest BCUT2D eigenvalue weighted by Gasteiger charge is -2.31. The first-order valence-electron chi connectivity index (χ1n) is 4.67. The monoisotopic (exact) mass is 203 g/mol. The molecule has 4 heteroatoms. The van der Waals surface area contributed by atoms with Crippen LogP contribution in [0.4, 0.5) is 0 Å². The number of carboxylic acid groups (broad SMARTS) is 1. The molecular formula is C9H17NO2S. The summed E-state index contributed by atoms with van der Waals surface area (Å²) in [7, 11) is 2.08. The molecule has 1 aliphatic rings. The van der Waals surface area contributed by atoms with Crippen LogP contribution < -0.4 is 0 Å².